The molecular weight excluding hydrogens is 426 g/mol. The first-order chi connectivity index (χ1) is 12.9. The molecule has 0 radical (unpaired) electrons. The fourth-order valence-electron chi connectivity index (χ4n) is 3.06. The summed E-state index contributed by atoms with van der Waals surface area (Å²) in [6, 6.07) is 9.45. The lowest BCUT2D eigenvalue weighted by atomic mass is 10.0. The molecule has 1 amide bonds. The van der Waals surface area contributed by atoms with E-state index in [-0.39, 0.29) is 46.8 Å². The lowest BCUT2D eigenvalue weighted by Crippen LogP contribution is -2.30. The largest absolute Gasteiger partial charge is 0.508 e. The molecule has 0 saturated heterocycles. The average molecular weight is 448 g/mol. The number of phenols is 1. The van der Waals surface area contributed by atoms with Crippen molar-refractivity contribution in [2.45, 2.75) is 13.5 Å². The predicted molar refractivity (Wildman–Crippen MR) is 111 cm³/mol. The molecule has 3 N–H and O–H groups in total. The standard InChI is InChI=1S/C20H21N3O4.BrH/c1-3-27-18-8-13-10-23(11-17(25)12-4-6-14(24)7-5-12)19(21)15(13)9-16(18)20(26)22-2;/h4-9,21,24H,3,10-11H2,1-2H3,(H,22,26);1H. The molecule has 0 bridgehead atoms. The molecule has 0 aliphatic carbocycles. The van der Waals surface area contributed by atoms with Crippen LogP contribution in [0.3, 0.4) is 0 Å². The number of amidine groups is 1. The number of carbonyl (C=O) groups excluding carboxylic acids is 2. The molecule has 2 aromatic carbocycles. The number of Topliss-reactive ketones (excluding diaryl/α,β-unsaturated/α-hetero) is 1. The summed E-state index contributed by atoms with van der Waals surface area (Å²) in [6.07, 6.45) is 0. The molecular formula is C20H22BrN3O4. The van der Waals surface area contributed by atoms with Crippen LogP contribution in [0, 0.1) is 5.41 Å². The maximum absolute atomic E-state index is 12.5. The van der Waals surface area contributed by atoms with Crippen molar-refractivity contribution < 1.29 is 19.4 Å². The van der Waals surface area contributed by atoms with E-state index in [0.29, 0.717) is 35.6 Å². The fraction of sp³-hybridized carbons (Fsp3) is 0.250. The van der Waals surface area contributed by atoms with Crippen molar-refractivity contribution in [3.8, 4) is 11.5 Å². The van der Waals surface area contributed by atoms with E-state index in [9.17, 15) is 14.7 Å². The zero-order valence-corrected chi connectivity index (χ0v) is 17.3. The number of ether oxygens (including phenoxy) is 1. The van der Waals surface area contributed by atoms with Gasteiger partial charge in [0.15, 0.2) is 5.78 Å². The van der Waals surface area contributed by atoms with Crippen LogP contribution in [0.25, 0.3) is 0 Å². The molecule has 7 nitrogen and oxygen atoms in total. The summed E-state index contributed by atoms with van der Waals surface area (Å²) in [7, 11) is 1.54. The minimum atomic E-state index is -0.285. The molecule has 0 aromatic heterocycles. The highest BCUT2D eigenvalue weighted by Crippen LogP contribution is 2.30. The lowest BCUT2D eigenvalue weighted by molar-refractivity contribution is 0.0953. The van der Waals surface area contributed by atoms with Gasteiger partial charge >= 0.3 is 0 Å². The number of nitrogens with zero attached hydrogens (tertiary/aromatic N) is 1. The van der Waals surface area contributed by atoms with Crippen molar-refractivity contribution in [2.75, 3.05) is 20.2 Å². The number of halogens is 1. The van der Waals surface area contributed by atoms with Crippen molar-refractivity contribution >= 4 is 34.5 Å². The third-order valence-corrected chi connectivity index (χ3v) is 4.43. The average Bonchev–Trinajstić information content (AvgIpc) is 2.96. The quantitative estimate of drug-likeness (QED) is 0.590. The number of hydrogen-bond donors (Lipinski definition) is 3. The number of amides is 1. The van der Waals surface area contributed by atoms with Crippen LogP contribution in [0.1, 0.15) is 38.8 Å². The summed E-state index contributed by atoms with van der Waals surface area (Å²) in [5.41, 5.74) is 2.30. The Labute approximate surface area is 173 Å². The van der Waals surface area contributed by atoms with Gasteiger partial charge < -0.3 is 20.1 Å². The highest BCUT2D eigenvalue weighted by atomic mass is 79.9. The van der Waals surface area contributed by atoms with Crippen LogP contribution in [0.4, 0.5) is 0 Å². The monoisotopic (exact) mass is 447 g/mol. The van der Waals surface area contributed by atoms with Crippen molar-refractivity contribution in [2.24, 2.45) is 0 Å². The summed E-state index contributed by atoms with van der Waals surface area (Å²) in [5, 5.41) is 20.3. The van der Waals surface area contributed by atoms with Crippen LogP contribution in [-0.4, -0.2) is 47.7 Å². The summed E-state index contributed by atoms with van der Waals surface area (Å²) in [5.74, 6) is 0.329. The van der Waals surface area contributed by atoms with E-state index in [2.05, 4.69) is 5.32 Å². The van der Waals surface area contributed by atoms with Crippen molar-refractivity contribution in [1.82, 2.24) is 10.2 Å². The summed E-state index contributed by atoms with van der Waals surface area (Å²) in [6.45, 7) is 2.69. The Hall–Kier alpha value is -2.87. The SMILES string of the molecule is Br.CCOc1cc2c(cc1C(=O)NC)C(=N)N(CC(=O)c1ccc(O)cc1)C2. The number of fused-ring (bicyclic) bond motifs is 1. The smallest absolute Gasteiger partial charge is 0.254 e. The highest BCUT2D eigenvalue weighted by molar-refractivity contribution is 8.93. The minimum Gasteiger partial charge on any atom is -0.508 e. The Morgan fingerprint density at radius 2 is 1.93 bits per heavy atom. The van der Waals surface area contributed by atoms with Gasteiger partial charge in [-0.1, -0.05) is 0 Å². The second-order valence-corrected chi connectivity index (χ2v) is 6.19. The second kappa shape index (κ2) is 8.88. The van der Waals surface area contributed by atoms with E-state index >= 15 is 0 Å². The Morgan fingerprint density at radius 3 is 2.54 bits per heavy atom. The normalized spacial score (nSPS) is 12.2. The molecule has 8 heteroatoms. The number of carbonyl (C=O) groups is 2. The molecule has 0 fully saturated rings. The highest BCUT2D eigenvalue weighted by Gasteiger charge is 2.29. The molecule has 0 spiro atoms. The number of nitrogens with one attached hydrogen (secondary N) is 2. The van der Waals surface area contributed by atoms with Gasteiger partial charge in [0.2, 0.25) is 0 Å². The van der Waals surface area contributed by atoms with Gasteiger partial charge in [-0.25, -0.2) is 0 Å². The summed E-state index contributed by atoms with van der Waals surface area (Å²) in [4.78, 5) is 26.3. The predicted octanol–water partition coefficient (Wildman–Crippen LogP) is 2.75. The van der Waals surface area contributed by atoms with Gasteiger partial charge in [-0.3, -0.25) is 15.0 Å². The van der Waals surface area contributed by atoms with Crippen LogP contribution in [-0.2, 0) is 6.54 Å². The number of aromatic hydroxyl groups is 1. The maximum Gasteiger partial charge on any atom is 0.254 e. The van der Waals surface area contributed by atoms with Gasteiger partial charge in [-0.05, 0) is 48.9 Å². The molecule has 28 heavy (non-hydrogen) atoms. The number of hydrogen-bond acceptors (Lipinski definition) is 5. The third-order valence-electron chi connectivity index (χ3n) is 4.43. The van der Waals surface area contributed by atoms with E-state index in [4.69, 9.17) is 10.1 Å². The van der Waals surface area contributed by atoms with E-state index < -0.39 is 0 Å². The Kier molecular flexibility index (Phi) is 6.80. The molecule has 148 valence electrons. The zero-order chi connectivity index (χ0) is 19.6. The van der Waals surface area contributed by atoms with Crippen molar-refractivity contribution in [1.29, 1.82) is 5.41 Å². The van der Waals surface area contributed by atoms with Crippen LogP contribution in [0.15, 0.2) is 36.4 Å². The van der Waals surface area contributed by atoms with Gasteiger partial charge in [0.05, 0.1) is 18.7 Å². The van der Waals surface area contributed by atoms with E-state index in [0.717, 1.165) is 5.56 Å². The summed E-state index contributed by atoms with van der Waals surface area (Å²) >= 11 is 0. The molecule has 1 heterocycles. The van der Waals surface area contributed by atoms with Gasteiger partial charge in [0.25, 0.3) is 5.91 Å². The molecule has 0 saturated carbocycles. The topological polar surface area (TPSA) is 103 Å². The molecule has 3 rings (SSSR count). The first kappa shape index (κ1) is 21.4. The maximum atomic E-state index is 12.5. The van der Waals surface area contributed by atoms with Gasteiger partial charge in [-0.2, -0.15) is 0 Å². The van der Waals surface area contributed by atoms with Gasteiger partial charge in [-0.15, -0.1) is 17.0 Å². The van der Waals surface area contributed by atoms with E-state index in [1.54, 1.807) is 36.2 Å². The number of benzene rings is 2. The Morgan fingerprint density at radius 1 is 1.25 bits per heavy atom. The number of ketones is 1. The molecule has 1 aliphatic rings. The number of phenolic OH excluding ortho intramolecular Hbond substituents is 1. The van der Waals surface area contributed by atoms with Crippen molar-refractivity contribution in [3.05, 3.63) is 58.7 Å². The fourth-order valence-corrected chi connectivity index (χ4v) is 3.06. The van der Waals surface area contributed by atoms with Crippen LogP contribution < -0.4 is 10.1 Å². The first-order valence-electron chi connectivity index (χ1n) is 8.62. The molecule has 2 aromatic rings. The van der Waals surface area contributed by atoms with Gasteiger partial charge in [0.1, 0.15) is 17.3 Å². The van der Waals surface area contributed by atoms with Gasteiger partial charge in [0, 0.05) is 24.7 Å². The molecule has 1 aliphatic heterocycles. The third kappa shape index (κ3) is 4.17. The Balaban J connectivity index is 0.00000280. The lowest BCUT2D eigenvalue weighted by Gasteiger charge is -2.16. The number of rotatable bonds is 6. The van der Waals surface area contributed by atoms with Crippen molar-refractivity contribution in [3.63, 3.8) is 0 Å². The van der Waals surface area contributed by atoms with E-state index in [1.165, 1.54) is 12.1 Å². The summed E-state index contributed by atoms with van der Waals surface area (Å²) < 4.78 is 5.58. The van der Waals surface area contributed by atoms with Crippen LogP contribution in [0.2, 0.25) is 0 Å². The molecule has 0 atom stereocenters. The van der Waals surface area contributed by atoms with E-state index in [1.807, 2.05) is 6.92 Å². The van der Waals surface area contributed by atoms with Crippen LogP contribution in [0.5, 0.6) is 11.5 Å². The zero-order valence-electron chi connectivity index (χ0n) is 15.6. The second-order valence-electron chi connectivity index (χ2n) is 6.19. The molecule has 0 unspecified atom stereocenters. The van der Waals surface area contributed by atoms with Crippen LogP contribution >= 0.6 is 17.0 Å². The minimum absolute atomic E-state index is 0. The Bertz CT molecular complexity index is 912. The first-order valence-corrected chi connectivity index (χ1v) is 8.62.